The van der Waals surface area contributed by atoms with Crippen molar-refractivity contribution in [3.8, 4) is 11.5 Å². The third kappa shape index (κ3) is 2.69. The molecule has 5 nitrogen and oxygen atoms in total. The summed E-state index contributed by atoms with van der Waals surface area (Å²) in [7, 11) is 0. The Morgan fingerprint density at radius 1 is 1.29 bits per heavy atom. The zero-order valence-corrected chi connectivity index (χ0v) is 9.18. The monoisotopic (exact) mass is 235 g/mol. The molecule has 0 atom stereocenters. The molecule has 0 bridgehead atoms. The van der Waals surface area contributed by atoms with Crippen LogP contribution in [0.3, 0.4) is 0 Å². The molecule has 0 aromatic heterocycles. The molecule has 5 heteroatoms. The van der Waals surface area contributed by atoms with Crippen molar-refractivity contribution in [2.45, 2.75) is 6.42 Å². The molecule has 0 unspecified atom stereocenters. The summed E-state index contributed by atoms with van der Waals surface area (Å²) in [6.45, 7) is 1.22. The van der Waals surface area contributed by atoms with Crippen LogP contribution in [0.1, 0.15) is 12.0 Å². The van der Waals surface area contributed by atoms with Crippen LogP contribution in [0.2, 0.25) is 0 Å². The van der Waals surface area contributed by atoms with Gasteiger partial charge in [0.15, 0.2) is 11.5 Å². The predicted octanol–water partition coefficient (Wildman–Crippen LogP) is 1.23. The standard InChI is InChI=1S/C12H13NO4/c13-9(12(14)15)6-8-2-3-10-11(7-8)17-5-1-4-16-10/h2-3,6-7H,1,4-5,13H2,(H,14,15)/b9-6+. The lowest BCUT2D eigenvalue weighted by Gasteiger charge is -2.07. The fourth-order valence-corrected chi connectivity index (χ4v) is 1.51. The second-order valence-corrected chi connectivity index (χ2v) is 3.66. The molecule has 1 heterocycles. The van der Waals surface area contributed by atoms with Gasteiger partial charge in [-0.15, -0.1) is 0 Å². The number of ether oxygens (including phenoxy) is 2. The molecule has 0 fully saturated rings. The molecule has 17 heavy (non-hydrogen) atoms. The number of nitrogens with two attached hydrogens (primary N) is 1. The number of aliphatic carboxylic acids is 1. The molecule has 90 valence electrons. The Morgan fingerprint density at radius 2 is 2.00 bits per heavy atom. The van der Waals surface area contributed by atoms with Crippen LogP contribution in [0.15, 0.2) is 23.9 Å². The van der Waals surface area contributed by atoms with E-state index in [1.165, 1.54) is 6.08 Å². The van der Waals surface area contributed by atoms with Crippen molar-refractivity contribution in [2.24, 2.45) is 5.73 Å². The minimum Gasteiger partial charge on any atom is -0.490 e. The van der Waals surface area contributed by atoms with Crippen LogP contribution < -0.4 is 15.2 Å². The van der Waals surface area contributed by atoms with Gasteiger partial charge in [0.25, 0.3) is 0 Å². The first kappa shape index (κ1) is 11.3. The number of carboxylic acid groups (broad SMARTS) is 1. The topological polar surface area (TPSA) is 81.8 Å². The molecule has 3 N–H and O–H groups in total. The Morgan fingerprint density at radius 3 is 2.71 bits per heavy atom. The van der Waals surface area contributed by atoms with Crippen LogP contribution in [0, 0.1) is 0 Å². The Kier molecular flexibility index (Phi) is 3.18. The molecule has 1 aromatic carbocycles. The highest BCUT2D eigenvalue weighted by atomic mass is 16.5. The van der Waals surface area contributed by atoms with Gasteiger partial charge in [0, 0.05) is 6.42 Å². The summed E-state index contributed by atoms with van der Waals surface area (Å²) in [5.41, 5.74) is 5.81. The highest BCUT2D eigenvalue weighted by Gasteiger charge is 2.10. The van der Waals surface area contributed by atoms with Crippen LogP contribution in [0.25, 0.3) is 6.08 Å². The smallest absolute Gasteiger partial charge is 0.351 e. The van der Waals surface area contributed by atoms with E-state index in [9.17, 15) is 4.79 Å². The van der Waals surface area contributed by atoms with E-state index in [2.05, 4.69) is 0 Å². The summed E-state index contributed by atoms with van der Waals surface area (Å²) in [5, 5.41) is 8.68. The second kappa shape index (κ2) is 4.78. The lowest BCUT2D eigenvalue weighted by atomic mass is 10.1. The van der Waals surface area contributed by atoms with Gasteiger partial charge in [-0.25, -0.2) is 4.79 Å². The first-order valence-corrected chi connectivity index (χ1v) is 5.27. The molecule has 2 rings (SSSR count). The van der Waals surface area contributed by atoms with Gasteiger partial charge in [0.05, 0.1) is 13.2 Å². The third-order valence-electron chi connectivity index (χ3n) is 2.34. The van der Waals surface area contributed by atoms with E-state index in [4.69, 9.17) is 20.3 Å². The maximum atomic E-state index is 10.6. The van der Waals surface area contributed by atoms with Crippen molar-refractivity contribution in [1.29, 1.82) is 0 Å². The van der Waals surface area contributed by atoms with E-state index in [-0.39, 0.29) is 5.70 Å². The van der Waals surface area contributed by atoms with Gasteiger partial charge in [-0.1, -0.05) is 6.07 Å². The maximum absolute atomic E-state index is 10.6. The molecule has 1 aliphatic heterocycles. The molecule has 0 aliphatic carbocycles. The van der Waals surface area contributed by atoms with Gasteiger partial charge in [-0.2, -0.15) is 0 Å². The molecule has 0 amide bonds. The largest absolute Gasteiger partial charge is 0.490 e. The van der Waals surface area contributed by atoms with Crippen LogP contribution in [-0.4, -0.2) is 24.3 Å². The molecule has 0 saturated carbocycles. The Labute approximate surface area is 98.4 Å². The zero-order chi connectivity index (χ0) is 12.3. The number of carbonyl (C=O) groups is 1. The van der Waals surface area contributed by atoms with E-state index in [0.29, 0.717) is 30.3 Å². The number of rotatable bonds is 2. The van der Waals surface area contributed by atoms with Gasteiger partial charge in [-0.3, -0.25) is 0 Å². The van der Waals surface area contributed by atoms with Crippen molar-refractivity contribution in [3.05, 3.63) is 29.5 Å². The summed E-state index contributed by atoms with van der Waals surface area (Å²) < 4.78 is 11.0. The first-order valence-electron chi connectivity index (χ1n) is 5.27. The lowest BCUT2D eigenvalue weighted by Crippen LogP contribution is -2.09. The van der Waals surface area contributed by atoms with Gasteiger partial charge < -0.3 is 20.3 Å². The van der Waals surface area contributed by atoms with E-state index in [1.807, 2.05) is 0 Å². The highest BCUT2D eigenvalue weighted by molar-refractivity contribution is 5.91. The lowest BCUT2D eigenvalue weighted by molar-refractivity contribution is -0.132. The van der Waals surface area contributed by atoms with E-state index < -0.39 is 5.97 Å². The third-order valence-corrected chi connectivity index (χ3v) is 2.34. The number of hydrogen-bond donors (Lipinski definition) is 2. The van der Waals surface area contributed by atoms with Crippen molar-refractivity contribution >= 4 is 12.0 Å². The average molecular weight is 235 g/mol. The molecule has 0 saturated heterocycles. The van der Waals surface area contributed by atoms with E-state index in [1.54, 1.807) is 18.2 Å². The van der Waals surface area contributed by atoms with Crippen LogP contribution in [0.5, 0.6) is 11.5 Å². The van der Waals surface area contributed by atoms with Gasteiger partial charge in [0.2, 0.25) is 0 Å². The van der Waals surface area contributed by atoms with Crippen molar-refractivity contribution < 1.29 is 19.4 Å². The molecule has 1 aliphatic rings. The average Bonchev–Trinajstić information content (AvgIpc) is 2.53. The quantitative estimate of drug-likeness (QED) is 0.753. The van der Waals surface area contributed by atoms with Gasteiger partial charge in [-0.05, 0) is 23.8 Å². The molecular formula is C12H13NO4. The summed E-state index contributed by atoms with van der Waals surface area (Å²) in [6, 6.07) is 5.21. The zero-order valence-electron chi connectivity index (χ0n) is 9.18. The minimum absolute atomic E-state index is 0.209. The normalized spacial score (nSPS) is 15.2. The molecule has 1 aromatic rings. The first-order chi connectivity index (χ1) is 8.16. The van der Waals surface area contributed by atoms with Crippen molar-refractivity contribution in [2.75, 3.05) is 13.2 Å². The highest BCUT2D eigenvalue weighted by Crippen LogP contribution is 2.30. The molecule has 0 spiro atoms. The van der Waals surface area contributed by atoms with Crippen molar-refractivity contribution in [1.82, 2.24) is 0 Å². The number of carboxylic acids is 1. The summed E-state index contributed by atoms with van der Waals surface area (Å²) in [4.78, 5) is 10.6. The van der Waals surface area contributed by atoms with Gasteiger partial charge in [0.1, 0.15) is 5.70 Å². The molecule has 0 radical (unpaired) electrons. The maximum Gasteiger partial charge on any atom is 0.351 e. The second-order valence-electron chi connectivity index (χ2n) is 3.66. The number of hydrogen-bond acceptors (Lipinski definition) is 4. The van der Waals surface area contributed by atoms with Gasteiger partial charge >= 0.3 is 5.97 Å². The van der Waals surface area contributed by atoms with Crippen LogP contribution >= 0.6 is 0 Å². The SMILES string of the molecule is N/C(=C/c1ccc2c(c1)OCCCO2)C(=O)O. The van der Waals surface area contributed by atoms with Crippen LogP contribution in [-0.2, 0) is 4.79 Å². The Hall–Kier alpha value is -2.17. The van der Waals surface area contributed by atoms with E-state index >= 15 is 0 Å². The molecular weight excluding hydrogens is 222 g/mol. The number of fused-ring (bicyclic) bond motifs is 1. The van der Waals surface area contributed by atoms with E-state index in [0.717, 1.165) is 6.42 Å². The number of benzene rings is 1. The fraction of sp³-hybridized carbons (Fsp3) is 0.250. The Bertz CT molecular complexity index is 468. The summed E-state index contributed by atoms with van der Waals surface area (Å²) in [5.74, 6) is 0.153. The summed E-state index contributed by atoms with van der Waals surface area (Å²) in [6.07, 6.45) is 2.22. The van der Waals surface area contributed by atoms with Crippen molar-refractivity contribution in [3.63, 3.8) is 0 Å². The minimum atomic E-state index is -1.14. The Balaban J connectivity index is 2.29. The predicted molar refractivity (Wildman–Crippen MR) is 61.8 cm³/mol. The van der Waals surface area contributed by atoms with Crippen LogP contribution in [0.4, 0.5) is 0 Å². The summed E-state index contributed by atoms with van der Waals surface area (Å²) >= 11 is 0. The fourth-order valence-electron chi connectivity index (χ4n) is 1.51.